The first-order chi connectivity index (χ1) is 9.47. The van der Waals surface area contributed by atoms with Crippen LogP contribution in [0, 0.1) is 10.1 Å². The summed E-state index contributed by atoms with van der Waals surface area (Å²) >= 11 is 9.28. The molecule has 0 unspecified atom stereocenters. The van der Waals surface area contributed by atoms with Gasteiger partial charge in [-0.15, -0.1) is 0 Å². The van der Waals surface area contributed by atoms with Crippen molar-refractivity contribution >= 4 is 38.9 Å². The van der Waals surface area contributed by atoms with Crippen LogP contribution in [0.5, 0.6) is 0 Å². The average Bonchev–Trinajstić information content (AvgIpc) is 2.39. The molecule has 0 aliphatic heterocycles. The molecule has 0 saturated carbocycles. The third kappa shape index (κ3) is 3.49. The molecule has 0 bridgehead atoms. The molecule has 2 aromatic rings. The topological polar surface area (TPSA) is 55.2 Å². The Labute approximate surface area is 130 Å². The minimum atomic E-state index is -0.424. The van der Waals surface area contributed by atoms with Crippen molar-refractivity contribution in [2.75, 3.05) is 5.32 Å². The molecule has 0 radical (unpaired) electrons. The van der Waals surface area contributed by atoms with E-state index >= 15 is 0 Å². The third-order valence-electron chi connectivity index (χ3n) is 2.90. The van der Waals surface area contributed by atoms with Gasteiger partial charge < -0.3 is 5.32 Å². The maximum atomic E-state index is 11.0. The first-order valence-corrected chi connectivity index (χ1v) is 7.10. The summed E-state index contributed by atoms with van der Waals surface area (Å²) in [6.07, 6.45) is 0. The molecule has 0 amide bonds. The van der Waals surface area contributed by atoms with E-state index in [9.17, 15) is 10.1 Å². The maximum absolute atomic E-state index is 11.0. The monoisotopic (exact) mass is 354 g/mol. The van der Waals surface area contributed by atoms with Crippen molar-refractivity contribution in [2.24, 2.45) is 0 Å². The molecule has 6 heteroatoms. The molecular formula is C14H12BrClN2O2. The van der Waals surface area contributed by atoms with Crippen LogP contribution in [-0.4, -0.2) is 4.92 Å². The SMILES string of the molecule is C[C@H](Nc1cc(Cl)ccc1[N+](=O)[O-])c1ccc(Br)cc1. The smallest absolute Gasteiger partial charge is 0.292 e. The van der Waals surface area contributed by atoms with E-state index in [1.54, 1.807) is 6.07 Å². The van der Waals surface area contributed by atoms with Gasteiger partial charge in [-0.1, -0.05) is 39.7 Å². The third-order valence-corrected chi connectivity index (χ3v) is 3.66. The molecular weight excluding hydrogens is 344 g/mol. The number of hydrogen-bond donors (Lipinski definition) is 1. The Morgan fingerprint density at radius 1 is 1.25 bits per heavy atom. The number of nitro benzene ring substituents is 1. The zero-order valence-electron chi connectivity index (χ0n) is 10.6. The largest absolute Gasteiger partial charge is 0.373 e. The number of nitrogens with zero attached hydrogens (tertiary/aromatic N) is 1. The summed E-state index contributed by atoms with van der Waals surface area (Å²) in [5.41, 5.74) is 1.46. The van der Waals surface area contributed by atoms with Crippen molar-refractivity contribution in [3.63, 3.8) is 0 Å². The van der Waals surface area contributed by atoms with Crippen LogP contribution in [0.2, 0.25) is 5.02 Å². The molecule has 0 spiro atoms. The van der Waals surface area contributed by atoms with Gasteiger partial charge in [0.2, 0.25) is 0 Å². The van der Waals surface area contributed by atoms with Gasteiger partial charge in [0.05, 0.1) is 4.92 Å². The molecule has 0 aliphatic carbocycles. The molecule has 20 heavy (non-hydrogen) atoms. The summed E-state index contributed by atoms with van der Waals surface area (Å²) < 4.78 is 0.988. The Hall–Kier alpha value is -1.59. The van der Waals surface area contributed by atoms with Crippen molar-refractivity contribution in [3.05, 3.63) is 67.6 Å². The fraction of sp³-hybridized carbons (Fsp3) is 0.143. The first kappa shape index (κ1) is 14.8. The lowest BCUT2D eigenvalue weighted by Gasteiger charge is -2.16. The molecule has 0 fully saturated rings. The van der Waals surface area contributed by atoms with Gasteiger partial charge in [-0.25, -0.2) is 0 Å². The second-order valence-corrected chi connectivity index (χ2v) is 5.69. The summed E-state index contributed by atoms with van der Waals surface area (Å²) in [7, 11) is 0. The number of rotatable bonds is 4. The number of nitrogens with one attached hydrogen (secondary N) is 1. The Kier molecular flexibility index (Phi) is 4.62. The highest BCUT2D eigenvalue weighted by molar-refractivity contribution is 9.10. The molecule has 0 heterocycles. The maximum Gasteiger partial charge on any atom is 0.292 e. The molecule has 2 aromatic carbocycles. The first-order valence-electron chi connectivity index (χ1n) is 5.93. The van der Waals surface area contributed by atoms with Crippen LogP contribution in [0.3, 0.4) is 0 Å². The van der Waals surface area contributed by atoms with Gasteiger partial charge in [0.15, 0.2) is 0 Å². The molecule has 104 valence electrons. The van der Waals surface area contributed by atoms with Gasteiger partial charge in [0, 0.05) is 21.6 Å². The standard InChI is InChI=1S/C14H12BrClN2O2/c1-9(10-2-4-11(15)5-3-10)17-13-8-12(16)6-7-14(13)18(19)20/h2-9,17H,1H3/t9-/m0/s1. The lowest BCUT2D eigenvalue weighted by Crippen LogP contribution is -2.08. The summed E-state index contributed by atoms with van der Waals surface area (Å²) in [5.74, 6) is 0. The number of benzene rings is 2. The number of anilines is 1. The van der Waals surface area contributed by atoms with E-state index in [-0.39, 0.29) is 11.7 Å². The molecule has 1 atom stereocenters. The Morgan fingerprint density at radius 2 is 1.90 bits per heavy atom. The molecule has 2 rings (SSSR count). The zero-order chi connectivity index (χ0) is 14.7. The predicted octanol–water partition coefficient (Wildman–Crippen LogP) is 5.18. The van der Waals surface area contributed by atoms with Gasteiger partial charge in [-0.2, -0.15) is 0 Å². The van der Waals surface area contributed by atoms with Crippen molar-refractivity contribution in [2.45, 2.75) is 13.0 Å². The second kappa shape index (κ2) is 6.24. The van der Waals surface area contributed by atoms with Crippen LogP contribution in [0.25, 0.3) is 0 Å². The highest BCUT2D eigenvalue weighted by atomic mass is 79.9. The van der Waals surface area contributed by atoms with Gasteiger partial charge >= 0.3 is 0 Å². The van der Waals surface area contributed by atoms with Crippen molar-refractivity contribution in [1.29, 1.82) is 0 Å². The predicted molar refractivity (Wildman–Crippen MR) is 84.3 cm³/mol. The lowest BCUT2D eigenvalue weighted by molar-refractivity contribution is -0.384. The molecule has 1 N–H and O–H groups in total. The number of halogens is 2. The quantitative estimate of drug-likeness (QED) is 0.607. The molecule has 4 nitrogen and oxygen atoms in total. The molecule has 0 aromatic heterocycles. The number of hydrogen-bond acceptors (Lipinski definition) is 3. The number of nitro groups is 1. The van der Waals surface area contributed by atoms with Crippen LogP contribution >= 0.6 is 27.5 Å². The second-order valence-electron chi connectivity index (χ2n) is 4.34. The normalized spacial score (nSPS) is 11.9. The van der Waals surface area contributed by atoms with E-state index in [4.69, 9.17) is 11.6 Å². The Morgan fingerprint density at radius 3 is 2.50 bits per heavy atom. The van der Waals surface area contributed by atoms with Gasteiger partial charge in [-0.05, 0) is 36.8 Å². The van der Waals surface area contributed by atoms with Crippen molar-refractivity contribution in [3.8, 4) is 0 Å². The minimum absolute atomic E-state index is 0.0124. The van der Waals surface area contributed by atoms with E-state index in [1.165, 1.54) is 12.1 Å². The average molecular weight is 356 g/mol. The summed E-state index contributed by atoms with van der Waals surface area (Å²) in [6.45, 7) is 1.94. The highest BCUT2D eigenvalue weighted by Crippen LogP contribution is 2.31. The van der Waals surface area contributed by atoms with Crippen molar-refractivity contribution < 1.29 is 4.92 Å². The van der Waals surface area contributed by atoms with Crippen molar-refractivity contribution in [1.82, 2.24) is 0 Å². The van der Waals surface area contributed by atoms with E-state index in [1.807, 2.05) is 31.2 Å². The van der Waals surface area contributed by atoms with Crippen LogP contribution in [0.15, 0.2) is 46.9 Å². The fourth-order valence-electron chi connectivity index (χ4n) is 1.85. The highest BCUT2D eigenvalue weighted by Gasteiger charge is 2.16. The summed E-state index contributed by atoms with van der Waals surface area (Å²) in [4.78, 5) is 10.6. The van der Waals surface area contributed by atoms with Crippen LogP contribution in [-0.2, 0) is 0 Å². The van der Waals surface area contributed by atoms with E-state index < -0.39 is 4.92 Å². The molecule has 0 aliphatic rings. The van der Waals surface area contributed by atoms with Gasteiger partial charge in [-0.3, -0.25) is 10.1 Å². The van der Waals surface area contributed by atoms with Crippen LogP contribution in [0.1, 0.15) is 18.5 Å². The Bertz CT molecular complexity index is 632. The van der Waals surface area contributed by atoms with Gasteiger partial charge in [0.25, 0.3) is 5.69 Å². The minimum Gasteiger partial charge on any atom is -0.373 e. The lowest BCUT2D eigenvalue weighted by atomic mass is 10.1. The van der Waals surface area contributed by atoms with E-state index in [2.05, 4.69) is 21.2 Å². The van der Waals surface area contributed by atoms with Crippen LogP contribution in [0.4, 0.5) is 11.4 Å². The van der Waals surface area contributed by atoms with E-state index in [0.717, 1.165) is 10.0 Å². The Balaban J connectivity index is 2.27. The van der Waals surface area contributed by atoms with E-state index in [0.29, 0.717) is 10.7 Å². The fourth-order valence-corrected chi connectivity index (χ4v) is 2.29. The zero-order valence-corrected chi connectivity index (χ0v) is 13.0. The van der Waals surface area contributed by atoms with Gasteiger partial charge in [0.1, 0.15) is 5.69 Å². The molecule has 0 saturated heterocycles. The summed E-state index contributed by atoms with van der Waals surface area (Å²) in [5, 5.41) is 14.6. The van der Waals surface area contributed by atoms with Crippen LogP contribution < -0.4 is 5.32 Å². The summed E-state index contributed by atoms with van der Waals surface area (Å²) in [6, 6.07) is 12.2.